The van der Waals surface area contributed by atoms with Gasteiger partial charge in [0.15, 0.2) is 0 Å². The van der Waals surface area contributed by atoms with E-state index in [0.717, 1.165) is 5.56 Å². The van der Waals surface area contributed by atoms with Crippen LogP contribution in [-0.4, -0.2) is 46.0 Å². The van der Waals surface area contributed by atoms with Crippen molar-refractivity contribution in [2.24, 2.45) is 0 Å². The van der Waals surface area contributed by atoms with E-state index in [9.17, 15) is 9.90 Å². The van der Waals surface area contributed by atoms with Crippen LogP contribution < -0.4 is 0 Å². The summed E-state index contributed by atoms with van der Waals surface area (Å²) in [6, 6.07) is 9.16. The molecule has 1 amide bonds. The van der Waals surface area contributed by atoms with Gasteiger partial charge in [0.25, 0.3) is 0 Å². The third kappa shape index (κ3) is 3.24. The first-order valence-corrected chi connectivity index (χ1v) is 6.34. The molecule has 0 aliphatic carbocycles. The first-order chi connectivity index (χ1) is 9.00. The van der Waals surface area contributed by atoms with E-state index in [1.54, 1.807) is 6.92 Å². The number of rotatable bonds is 4. The van der Waals surface area contributed by atoms with Crippen molar-refractivity contribution in [3.05, 3.63) is 35.9 Å². The van der Waals surface area contributed by atoms with E-state index in [2.05, 4.69) is 0 Å². The Morgan fingerprint density at radius 3 is 2.79 bits per heavy atom. The number of amides is 1. The largest absolute Gasteiger partial charge is 0.465 e. The van der Waals surface area contributed by atoms with E-state index in [1.165, 1.54) is 4.90 Å². The normalized spacial score (nSPS) is 26.6. The van der Waals surface area contributed by atoms with Gasteiger partial charge in [0.2, 0.25) is 0 Å². The zero-order valence-corrected chi connectivity index (χ0v) is 11.0. The maximum atomic E-state index is 11.1. The zero-order valence-electron chi connectivity index (χ0n) is 11.0. The standard InChI is InChI=1S/C14H19NO4/c1-14(18)7-8-15(13(16)17)12(14)10-19-9-11-5-3-2-4-6-11/h2-6,12,18H,7-10H2,1H3,(H,16,17). The Morgan fingerprint density at radius 2 is 2.16 bits per heavy atom. The van der Waals surface area contributed by atoms with Crippen LogP contribution >= 0.6 is 0 Å². The molecule has 0 aromatic heterocycles. The molecule has 1 aromatic rings. The topological polar surface area (TPSA) is 70.0 Å². The summed E-state index contributed by atoms with van der Waals surface area (Å²) in [6.45, 7) is 2.63. The number of hydrogen-bond acceptors (Lipinski definition) is 3. The van der Waals surface area contributed by atoms with E-state index in [-0.39, 0.29) is 6.61 Å². The van der Waals surface area contributed by atoms with Crippen molar-refractivity contribution < 1.29 is 19.7 Å². The Bertz CT molecular complexity index is 432. The maximum Gasteiger partial charge on any atom is 0.407 e. The third-order valence-corrected chi connectivity index (χ3v) is 3.59. The summed E-state index contributed by atoms with van der Waals surface area (Å²) in [5.41, 5.74) is 0.0109. The van der Waals surface area contributed by atoms with Crippen LogP contribution in [0.2, 0.25) is 0 Å². The lowest BCUT2D eigenvalue weighted by molar-refractivity contribution is -0.0250. The molecule has 5 nitrogen and oxygen atoms in total. The number of likely N-dealkylation sites (tertiary alicyclic amines) is 1. The molecule has 1 heterocycles. The van der Waals surface area contributed by atoms with Crippen LogP contribution in [0.15, 0.2) is 30.3 Å². The molecule has 0 spiro atoms. The molecule has 2 N–H and O–H groups in total. The second-order valence-electron chi connectivity index (χ2n) is 5.10. The average molecular weight is 265 g/mol. The number of hydrogen-bond donors (Lipinski definition) is 2. The molecule has 1 aromatic carbocycles. The van der Waals surface area contributed by atoms with Crippen LogP contribution in [0.1, 0.15) is 18.9 Å². The van der Waals surface area contributed by atoms with Gasteiger partial charge in [-0.25, -0.2) is 4.79 Å². The highest BCUT2D eigenvalue weighted by molar-refractivity contribution is 5.66. The highest BCUT2D eigenvalue weighted by atomic mass is 16.5. The van der Waals surface area contributed by atoms with Gasteiger partial charge in [0, 0.05) is 6.54 Å². The molecule has 19 heavy (non-hydrogen) atoms. The molecule has 0 bridgehead atoms. The van der Waals surface area contributed by atoms with Crippen molar-refractivity contribution >= 4 is 6.09 Å². The summed E-state index contributed by atoms with van der Waals surface area (Å²) in [5.74, 6) is 0. The fraction of sp³-hybridized carbons (Fsp3) is 0.500. The molecule has 0 saturated carbocycles. The Morgan fingerprint density at radius 1 is 1.47 bits per heavy atom. The van der Waals surface area contributed by atoms with Gasteiger partial charge in [0.1, 0.15) is 0 Å². The second-order valence-corrected chi connectivity index (χ2v) is 5.10. The SMILES string of the molecule is CC1(O)CCN(C(=O)O)C1COCc1ccccc1. The number of aliphatic hydroxyl groups is 1. The van der Waals surface area contributed by atoms with Crippen molar-refractivity contribution in [1.29, 1.82) is 0 Å². The second kappa shape index (κ2) is 5.59. The minimum atomic E-state index is -1.02. The number of nitrogens with zero attached hydrogens (tertiary/aromatic N) is 1. The fourth-order valence-corrected chi connectivity index (χ4v) is 2.37. The van der Waals surface area contributed by atoms with Gasteiger partial charge >= 0.3 is 6.09 Å². The van der Waals surface area contributed by atoms with E-state index in [0.29, 0.717) is 19.6 Å². The van der Waals surface area contributed by atoms with Crippen molar-refractivity contribution in [3.63, 3.8) is 0 Å². The average Bonchev–Trinajstić information content (AvgIpc) is 2.67. The van der Waals surface area contributed by atoms with E-state index in [4.69, 9.17) is 9.84 Å². The summed E-state index contributed by atoms with van der Waals surface area (Å²) in [5, 5.41) is 19.3. The molecular weight excluding hydrogens is 246 g/mol. The first kappa shape index (κ1) is 13.8. The summed E-state index contributed by atoms with van der Waals surface area (Å²) in [4.78, 5) is 12.3. The highest BCUT2D eigenvalue weighted by Gasteiger charge is 2.44. The predicted molar refractivity (Wildman–Crippen MR) is 69.9 cm³/mol. The molecule has 2 rings (SSSR count). The van der Waals surface area contributed by atoms with Crippen molar-refractivity contribution in [3.8, 4) is 0 Å². The lowest BCUT2D eigenvalue weighted by atomic mass is 9.98. The van der Waals surface area contributed by atoms with Gasteiger partial charge in [-0.1, -0.05) is 30.3 Å². The van der Waals surface area contributed by atoms with Crippen LogP contribution in [0.5, 0.6) is 0 Å². The molecule has 1 aliphatic heterocycles. The Labute approximate surface area is 112 Å². The Balaban J connectivity index is 1.91. The van der Waals surface area contributed by atoms with Crippen LogP contribution in [0.25, 0.3) is 0 Å². The number of benzene rings is 1. The lowest BCUT2D eigenvalue weighted by Gasteiger charge is -2.29. The number of ether oxygens (including phenoxy) is 1. The molecular formula is C14H19NO4. The van der Waals surface area contributed by atoms with Gasteiger partial charge in [-0.3, -0.25) is 0 Å². The van der Waals surface area contributed by atoms with Crippen LogP contribution in [-0.2, 0) is 11.3 Å². The maximum absolute atomic E-state index is 11.1. The highest BCUT2D eigenvalue weighted by Crippen LogP contribution is 2.28. The Hall–Kier alpha value is -1.59. The van der Waals surface area contributed by atoms with Crippen LogP contribution in [0.4, 0.5) is 4.79 Å². The molecule has 2 unspecified atom stereocenters. The van der Waals surface area contributed by atoms with E-state index >= 15 is 0 Å². The quantitative estimate of drug-likeness (QED) is 0.869. The zero-order chi connectivity index (χ0) is 13.9. The summed E-state index contributed by atoms with van der Waals surface area (Å²) in [6.07, 6.45) is -0.565. The van der Waals surface area contributed by atoms with Gasteiger partial charge < -0.3 is 19.8 Å². The number of carboxylic acid groups (broad SMARTS) is 1. The van der Waals surface area contributed by atoms with Gasteiger partial charge in [-0.05, 0) is 18.9 Å². The third-order valence-electron chi connectivity index (χ3n) is 3.59. The summed E-state index contributed by atoms with van der Waals surface area (Å²) in [7, 11) is 0. The number of carbonyl (C=O) groups is 1. The molecule has 104 valence electrons. The van der Waals surface area contributed by atoms with Gasteiger partial charge in [-0.2, -0.15) is 0 Å². The minimum absolute atomic E-state index is 0.203. The predicted octanol–water partition coefficient (Wildman–Crippen LogP) is 1.71. The Kier molecular flexibility index (Phi) is 4.07. The van der Waals surface area contributed by atoms with Crippen molar-refractivity contribution in [2.45, 2.75) is 31.6 Å². The van der Waals surface area contributed by atoms with E-state index < -0.39 is 17.7 Å². The molecule has 1 aliphatic rings. The summed E-state index contributed by atoms with van der Waals surface area (Å²) >= 11 is 0. The smallest absolute Gasteiger partial charge is 0.407 e. The minimum Gasteiger partial charge on any atom is -0.465 e. The van der Waals surface area contributed by atoms with E-state index in [1.807, 2.05) is 30.3 Å². The molecule has 5 heteroatoms. The van der Waals surface area contributed by atoms with Gasteiger partial charge in [-0.15, -0.1) is 0 Å². The van der Waals surface area contributed by atoms with Crippen molar-refractivity contribution in [2.75, 3.05) is 13.2 Å². The first-order valence-electron chi connectivity index (χ1n) is 6.34. The van der Waals surface area contributed by atoms with Gasteiger partial charge in [0.05, 0.1) is 24.9 Å². The molecule has 0 radical (unpaired) electrons. The fourth-order valence-electron chi connectivity index (χ4n) is 2.37. The monoisotopic (exact) mass is 265 g/mol. The molecule has 2 atom stereocenters. The lowest BCUT2D eigenvalue weighted by Crippen LogP contribution is -2.47. The molecule has 1 saturated heterocycles. The van der Waals surface area contributed by atoms with Crippen LogP contribution in [0.3, 0.4) is 0 Å². The van der Waals surface area contributed by atoms with Crippen molar-refractivity contribution in [1.82, 2.24) is 4.90 Å². The molecule has 1 fully saturated rings. The van der Waals surface area contributed by atoms with Crippen LogP contribution in [0, 0.1) is 0 Å². The summed E-state index contributed by atoms with van der Waals surface area (Å²) < 4.78 is 5.55.